The molecule has 3 rings (SSSR count). The number of aromatic nitrogens is 1. The molecule has 1 heterocycles. The number of aromatic amines is 1. The Labute approximate surface area is 155 Å². The Morgan fingerprint density at radius 1 is 0.962 bits per heavy atom. The highest BCUT2D eigenvalue weighted by molar-refractivity contribution is 6.32. The van der Waals surface area contributed by atoms with Gasteiger partial charge in [-0.1, -0.05) is 48.0 Å². The van der Waals surface area contributed by atoms with Crippen LogP contribution in [0.4, 0.5) is 0 Å². The lowest BCUT2D eigenvalue weighted by Crippen LogP contribution is -2.43. The van der Waals surface area contributed by atoms with Crippen LogP contribution >= 0.6 is 11.6 Å². The van der Waals surface area contributed by atoms with E-state index in [4.69, 9.17) is 16.3 Å². The van der Waals surface area contributed by atoms with Crippen LogP contribution in [0.2, 0.25) is 5.02 Å². The van der Waals surface area contributed by atoms with Crippen molar-refractivity contribution >= 4 is 23.4 Å². The third-order valence-corrected chi connectivity index (χ3v) is 3.85. The van der Waals surface area contributed by atoms with E-state index in [1.54, 1.807) is 30.5 Å². The van der Waals surface area contributed by atoms with Crippen LogP contribution in [0, 0.1) is 0 Å². The van der Waals surface area contributed by atoms with Gasteiger partial charge in [0.05, 0.1) is 5.02 Å². The summed E-state index contributed by atoms with van der Waals surface area (Å²) in [4.78, 5) is 26.2. The molecular weight excluding hydrogens is 354 g/mol. The van der Waals surface area contributed by atoms with E-state index in [1.807, 2.05) is 36.4 Å². The van der Waals surface area contributed by atoms with Crippen molar-refractivity contribution in [2.24, 2.45) is 0 Å². The summed E-state index contributed by atoms with van der Waals surface area (Å²) in [6, 6.07) is 18.4. The van der Waals surface area contributed by atoms with Crippen LogP contribution in [0.1, 0.15) is 10.5 Å². The van der Waals surface area contributed by atoms with E-state index in [0.717, 1.165) is 11.1 Å². The normalized spacial score (nSPS) is 10.2. The van der Waals surface area contributed by atoms with Gasteiger partial charge < -0.3 is 9.72 Å². The highest BCUT2D eigenvalue weighted by atomic mass is 35.5. The van der Waals surface area contributed by atoms with Gasteiger partial charge in [-0.25, -0.2) is 0 Å². The Balaban J connectivity index is 1.53. The molecule has 0 aliphatic carbocycles. The summed E-state index contributed by atoms with van der Waals surface area (Å²) < 4.78 is 5.41. The molecule has 26 heavy (non-hydrogen) atoms. The molecule has 2 aromatic carbocycles. The zero-order chi connectivity index (χ0) is 18.4. The average molecular weight is 370 g/mol. The summed E-state index contributed by atoms with van der Waals surface area (Å²) in [6.07, 6.45) is 1.61. The molecular formula is C19H16ClN3O3. The minimum atomic E-state index is -0.506. The molecule has 0 atom stereocenters. The van der Waals surface area contributed by atoms with Gasteiger partial charge in [-0.3, -0.25) is 20.4 Å². The fraction of sp³-hybridized carbons (Fsp3) is 0.0526. The maximum absolute atomic E-state index is 11.8. The fourth-order valence-electron chi connectivity index (χ4n) is 2.27. The molecule has 7 heteroatoms. The maximum atomic E-state index is 11.8. The molecule has 3 aromatic rings. The summed E-state index contributed by atoms with van der Waals surface area (Å²) >= 11 is 6.23. The molecule has 132 valence electrons. The first-order chi connectivity index (χ1) is 12.6. The highest BCUT2D eigenvalue weighted by Gasteiger charge is 2.10. The molecule has 0 radical (unpaired) electrons. The van der Waals surface area contributed by atoms with Crippen LogP contribution in [0.5, 0.6) is 5.75 Å². The summed E-state index contributed by atoms with van der Waals surface area (Å²) in [6.45, 7) is -0.282. The Hall–Kier alpha value is -3.25. The smallest absolute Gasteiger partial charge is 0.286 e. The zero-order valence-electron chi connectivity index (χ0n) is 13.7. The molecule has 1 aromatic heterocycles. The number of H-pyrrole nitrogens is 1. The third kappa shape index (κ3) is 4.43. The van der Waals surface area contributed by atoms with Crippen LogP contribution in [0.25, 0.3) is 11.1 Å². The van der Waals surface area contributed by atoms with Gasteiger partial charge in [0, 0.05) is 6.20 Å². The lowest BCUT2D eigenvalue weighted by molar-refractivity contribution is -0.123. The van der Waals surface area contributed by atoms with Crippen molar-refractivity contribution in [2.45, 2.75) is 0 Å². The lowest BCUT2D eigenvalue weighted by Gasteiger charge is -2.10. The highest BCUT2D eigenvalue weighted by Crippen LogP contribution is 2.30. The second-order valence-corrected chi connectivity index (χ2v) is 5.79. The molecule has 0 fully saturated rings. The predicted octanol–water partition coefficient (Wildman–Crippen LogP) is 3.18. The molecule has 0 aliphatic rings. The number of ether oxygens (including phenoxy) is 1. The van der Waals surface area contributed by atoms with Gasteiger partial charge in [0.15, 0.2) is 6.61 Å². The van der Waals surface area contributed by atoms with Gasteiger partial charge in [-0.2, -0.15) is 0 Å². The number of nitrogens with one attached hydrogen (secondary N) is 3. The van der Waals surface area contributed by atoms with E-state index >= 15 is 0 Å². The quantitative estimate of drug-likeness (QED) is 0.604. The Morgan fingerprint density at radius 2 is 1.77 bits per heavy atom. The number of halogens is 1. The van der Waals surface area contributed by atoms with Gasteiger partial charge in [-0.05, 0) is 35.4 Å². The van der Waals surface area contributed by atoms with E-state index in [2.05, 4.69) is 15.8 Å². The second kappa shape index (κ2) is 8.22. The monoisotopic (exact) mass is 369 g/mol. The van der Waals surface area contributed by atoms with Gasteiger partial charge in [0.25, 0.3) is 11.8 Å². The SMILES string of the molecule is O=C(COc1ccc(-c2ccccc2)cc1Cl)NNC(=O)c1ccc[nH]1. The van der Waals surface area contributed by atoms with Crippen molar-refractivity contribution in [3.05, 3.63) is 77.6 Å². The van der Waals surface area contributed by atoms with Crippen LogP contribution in [-0.4, -0.2) is 23.4 Å². The van der Waals surface area contributed by atoms with Crippen LogP contribution in [0.3, 0.4) is 0 Å². The van der Waals surface area contributed by atoms with Crippen molar-refractivity contribution in [2.75, 3.05) is 6.61 Å². The topological polar surface area (TPSA) is 83.2 Å². The molecule has 0 unspecified atom stereocenters. The number of hydrogen-bond donors (Lipinski definition) is 3. The second-order valence-electron chi connectivity index (χ2n) is 5.39. The van der Waals surface area contributed by atoms with E-state index in [9.17, 15) is 9.59 Å². The standard InChI is InChI=1S/C19H16ClN3O3/c20-15-11-14(13-5-2-1-3-6-13)8-9-17(15)26-12-18(24)22-23-19(25)16-7-4-10-21-16/h1-11,21H,12H2,(H,22,24)(H,23,25). The van der Waals surface area contributed by atoms with Crippen LogP contribution < -0.4 is 15.6 Å². The minimum Gasteiger partial charge on any atom is -0.482 e. The Kier molecular flexibility index (Phi) is 5.56. The van der Waals surface area contributed by atoms with Gasteiger partial charge in [-0.15, -0.1) is 0 Å². The van der Waals surface area contributed by atoms with E-state index in [1.165, 1.54) is 0 Å². The predicted molar refractivity (Wildman–Crippen MR) is 98.8 cm³/mol. The van der Waals surface area contributed by atoms with Crippen molar-refractivity contribution in [3.63, 3.8) is 0 Å². The Morgan fingerprint density at radius 3 is 2.46 bits per heavy atom. The summed E-state index contributed by atoms with van der Waals surface area (Å²) in [7, 11) is 0. The number of hydrogen-bond acceptors (Lipinski definition) is 3. The molecule has 3 N–H and O–H groups in total. The average Bonchev–Trinajstić information content (AvgIpc) is 3.20. The molecule has 0 saturated carbocycles. The third-order valence-electron chi connectivity index (χ3n) is 3.56. The molecule has 0 bridgehead atoms. The largest absolute Gasteiger partial charge is 0.482 e. The number of benzene rings is 2. The summed E-state index contributed by atoms with van der Waals surface area (Å²) in [5.74, 6) is -0.570. The van der Waals surface area contributed by atoms with E-state index in [0.29, 0.717) is 16.5 Å². The molecule has 6 nitrogen and oxygen atoms in total. The first-order valence-corrected chi connectivity index (χ1v) is 8.21. The van der Waals surface area contributed by atoms with E-state index in [-0.39, 0.29) is 6.61 Å². The first-order valence-electron chi connectivity index (χ1n) is 7.84. The number of rotatable bonds is 5. The molecule has 0 spiro atoms. The number of carbonyl (C=O) groups excluding carboxylic acids is 2. The minimum absolute atomic E-state index is 0.282. The number of amides is 2. The summed E-state index contributed by atoms with van der Waals surface area (Å²) in [5.41, 5.74) is 6.88. The fourth-order valence-corrected chi connectivity index (χ4v) is 2.51. The number of carbonyl (C=O) groups is 2. The van der Waals surface area contributed by atoms with Crippen molar-refractivity contribution < 1.29 is 14.3 Å². The summed E-state index contributed by atoms with van der Waals surface area (Å²) in [5, 5.41) is 0.398. The zero-order valence-corrected chi connectivity index (χ0v) is 14.4. The van der Waals surface area contributed by atoms with Crippen molar-refractivity contribution in [1.29, 1.82) is 0 Å². The van der Waals surface area contributed by atoms with E-state index < -0.39 is 11.8 Å². The van der Waals surface area contributed by atoms with Gasteiger partial charge >= 0.3 is 0 Å². The van der Waals surface area contributed by atoms with Gasteiger partial charge in [0.2, 0.25) is 0 Å². The van der Waals surface area contributed by atoms with Crippen molar-refractivity contribution in [3.8, 4) is 16.9 Å². The van der Waals surface area contributed by atoms with Crippen LogP contribution in [0.15, 0.2) is 66.9 Å². The lowest BCUT2D eigenvalue weighted by atomic mass is 10.1. The Bertz CT molecular complexity index is 896. The van der Waals surface area contributed by atoms with Crippen molar-refractivity contribution in [1.82, 2.24) is 15.8 Å². The van der Waals surface area contributed by atoms with Gasteiger partial charge in [0.1, 0.15) is 11.4 Å². The first kappa shape index (κ1) is 17.6. The molecule has 0 aliphatic heterocycles. The number of hydrazine groups is 1. The molecule has 0 saturated heterocycles. The van der Waals surface area contributed by atoms with Crippen LogP contribution in [-0.2, 0) is 4.79 Å². The molecule has 2 amide bonds. The maximum Gasteiger partial charge on any atom is 0.286 e.